The summed E-state index contributed by atoms with van der Waals surface area (Å²) in [6.07, 6.45) is 2.19. The first-order valence-corrected chi connectivity index (χ1v) is 18.2. The Bertz CT molecular complexity index is 2190. The zero-order chi connectivity index (χ0) is 36.3. The molecule has 0 aliphatic heterocycles. The number of anilines is 2. The SMILES string of the molecule is CCC(Sc1cccc(NC(=O)/C(=C/c2ccc(OCc3ccccc3)cc2)NC(=O)c2ccccc2)c1)C(=O)Nc1nc2ccc(OC)cc2s1. The van der Waals surface area contributed by atoms with E-state index in [1.54, 1.807) is 49.6 Å². The highest BCUT2D eigenvalue weighted by Crippen LogP contribution is 2.32. The molecule has 3 amide bonds. The third kappa shape index (κ3) is 9.65. The van der Waals surface area contributed by atoms with Crippen LogP contribution in [0.3, 0.4) is 0 Å². The Morgan fingerprint density at radius 2 is 1.56 bits per heavy atom. The smallest absolute Gasteiger partial charge is 0.272 e. The molecule has 0 fully saturated rings. The molecule has 1 aromatic heterocycles. The summed E-state index contributed by atoms with van der Waals surface area (Å²) in [4.78, 5) is 45.5. The topological polar surface area (TPSA) is 119 Å². The van der Waals surface area contributed by atoms with Crippen LogP contribution >= 0.6 is 23.1 Å². The van der Waals surface area contributed by atoms with E-state index in [2.05, 4.69) is 20.9 Å². The van der Waals surface area contributed by atoms with Crippen LogP contribution < -0.4 is 25.4 Å². The summed E-state index contributed by atoms with van der Waals surface area (Å²) < 4.78 is 12.1. The number of carbonyl (C=O) groups excluding carboxylic acids is 3. The maximum absolute atomic E-state index is 13.7. The Kier molecular flexibility index (Phi) is 12.0. The van der Waals surface area contributed by atoms with E-state index in [1.165, 1.54) is 23.1 Å². The number of benzene rings is 5. The number of thiazole rings is 1. The van der Waals surface area contributed by atoms with Crippen molar-refractivity contribution in [3.63, 3.8) is 0 Å². The molecule has 1 atom stereocenters. The lowest BCUT2D eigenvalue weighted by molar-refractivity contribution is -0.116. The number of amides is 3. The van der Waals surface area contributed by atoms with E-state index >= 15 is 0 Å². The van der Waals surface area contributed by atoms with Gasteiger partial charge in [0, 0.05) is 16.1 Å². The van der Waals surface area contributed by atoms with E-state index in [0.29, 0.717) is 40.7 Å². The minimum absolute atomic E-state index is 0.0594. The van der Waals surface area contributed by atoms with Gasteiger partial charge in [-0.05, 0) is 84.3 Å². The number of nitrogens with zero attached hydrogens (tertiary/aromatic N) is 1. The lowest BCUT2D eigenvalue weighted by Crippen LogP contribution is -2.30. The molecule has 3 N–H and O–H groups in total. The Morgan fingerprint density at radius 1 is 0.827 bits per heavy atom. The van der Waals surface area contributed by atoms with Gasteiger partial charge in [-0.1, -0.05) is 85.0 Å². The molecular weight excluding hydrogens is 693 g/mol. The number of nitrogens with one attached hydrogen (secondary N) is 3. The first kappa shape index (κ1) is 35.9. The van der Waals surface area contributed by atoms with Crippen molar-refractivity contribution in [1.82, 2.24) is 10.3 Å². The molecule has 6 aromatic rings. The Balaban J connectivity index is 1.14. The van der Waals surface area contributed by atoms with Gasteiger partial charge >= 0.3 is 0 Å². The standard InChI is InChI=1S/C41H36N4O5S2/c1-3-36(40(48)45-41-44-34-22-21-32(49-2)25-37(34)52-41)51-33-16-10-15-30(24-33)42-39(47)35(43-38(46)29-13-8-5-9-14-29)23-27-17-19-31(20-18-27)50-26-28-11-6-4-7-12-28/h4-25,36H,3,26H2,1-2H3,(H,42,47)(H,43,46)(H,44,45,48)/b35-23-. The zero-order valence-electron chi connectivity index (χ0n) is 28.5. The maximum Gasteiger partial charge on any atom is 0.272 e. The number of ether oxygens (including phenoxy) is 2. The number of fused-ring (bicyclic) bond motifs is 1. The molecule has 262 valence electrons. The largest absolute Gasteiger partial charge is 0.497 e. The summed E-state index contributed by atoms with van der Waals surface area (Å²) in [5.74, 6) is 0.307. The molecule has 5 aromatic carbocycles. The van der Waals surface area contributed by atoms with Gasteiger partial charge in [0.25, 0.3) is 11.8 Å². The average Bonchev–Trinajstić information content (AvgIpc) is 3.58. The molecule has 0 aliphatic rings. The van der Waals surface area contributed by atoms with Crippen LogP contribution in [0.25, 0.3) is 16.3 Å². The number of thioether (sulfide) groups is 1. The molecule has 0 spiro atoms. The van der Waals surface area contributed by atoms with Crippen molar-refractivity contribution in [2.24, 2.45) is 0 Å². The quantitative estimate of drug-likeness (QED) is 0.0758. The summed E-state index contributed by atoms with van der Waals surface area (Å²) in [6, 6.07) is 38.7. The molecular formula is C41H36N4O5S2. The highest BCUT2D eigenvalue weighted by Gasteiger charge is 2.21. The molecule has 52 heavy (non-hydrogen) atoms. The fourth-order valence-corrected chi connectivity index (χ4v) is 7.02. The van der Waals surface area contributed by atoms with Gasteiger partial charge in [0.15, 0.2) is 5.13 Å². The number of aromatic nitrogens is 1. The highest BCUT2D eigenvalue weighted by atomic mass is 32.2. The molecule has 11 heteroatoms. The molecule has 1 unspecified atom stereocenters. The fraction of sp³-hybridized carbons (Fsp3) is 0.122. The molecule has 6 rings (SSSR count). The van der Waals surface area contributed by atoms with E-state index < -0.39 is 17.1 Å². The van der Waals surface area contributed by atoms with E-state index in [0.717, 1.165) is 26.4 Å². The maximum atomic E-state index is 13.7. The van der Waals surface area contributed by atoms with Crippen LogP contribution in [0.4, 0.5) is 10.8 Å². The van der Waals surface area contributed by atoms with Crippen molar-refractivity contribution in [2.45, 2.75) is 30.1 Å². The van der Waals surface area contributed by atoms with Crippen LogP contribution in [0, 0.1) is 0 Å². The normalized spacial score (nSPS) is 11.8. The van der Waals surface area contributed by atoms with Gasteiger partial charge in [-0.3, -0.25) is 14.4 Å². The van der Waals surface area contributed by atoms with E-state index in [9.17, 15) is 14.4 Å². The monoisotopic (exact) mass is 728 g/mol. The molecule has 0 saturated carbocycles. The number of hydrogen-bond donors (Lipinski definition) is 3. The van der Waals surface area contributed by atoms with Gasteiger partial charge in [-0.15, -0.1) is 11.8 Å². The van der Waals surface area contributed by atoms with Crippen LogP contribution in [0.15, 0.2) is 138 Å². The van der Waals surface area contributed by atoms with Crippen molar-refractivity contribution in [3.8, 4) is 11.5 Å². The molecule has 9 nitrogen and oxygen atoms in total. The number of rotatable bonds is 14. The lowest BCUT2D eigenvalue weighted by Gasteiger charge is -2.15. The second kappa shape index (κ2) is 17.3. The van der Waals surface area contributed by atoms with Gasteiger partial charge < -0.3 is 25.4 Å². The molecule has 1 heterocycles. The molecule has 0 bridgehead atoms. The summed E-state index contributed by atoms with van der Waals surface area (Å²) in [5.41, 5.74) is 3.51. The van der Waals surface area contributed by atoms with Crippen LogP contribution in [0.1, 0.15) is 34.8 Å². The molecule has 0 saturated heterocycles. The van der Waals surface area contributed by atoms with E-state index in [1.807, 2.05) is 97.9 Å². The average molecular weight is 729 g/mol. The lowest BCUT2D eigenvalue weighted by atomic mass is 10.1. The number of hydrogen-bond acceptors (Lipinski definition) is 8. The van der Waals surface area contributed by atoms with Crippen LogP contribution in [0.2, 0.25) is 0 Å². The van der Waals surface area contributed by atoms with Crippen molar-refractivity contribution in [2.75, 3.05) is 17.7 Å². The van der Waals surface area contributed by atoms with Crippen molar-refractivity contribution in [1.29, 1.82) is 0 Å². The highest BCUT2D eigenvalue weighted by molar-refractivity contribution is 8.00. The van der Waals surface area contributed by atoms with Crippen molar-refractivity contribution < 1.29 is 23.9 Å². The first-order chi connectivity index (χ1) is 25.4. The van der Waals surface area contributed by atoms with Gasteiger partial charge in [-0.25, -0.2) is 4.98 Å². The van der Waals surface area contributed by atoms with E-state index in [4.69, 9.17) is 9.47 Å². The summed E-state index contributed by atoms with van der Waals surface area (Å²) in [6.45, 7) is 2.37. The predicted octanol–water partition coefficient (Wildman–Crippen LogP) is 8.80. The van der Waals surface area contributed by atoms with E-state index in [-0.39, 0.29) is 11.6 Å². The number of carbonyl (C=O) groups is 3. The van der Waals surface area contributed by atoms with Gasteiger partial charge in [-0.2, -0.15) is 0 Å². The van der Waals surface area contributed by atoms with Gasteiger partial charge in [0.1, 0.15) is 23.8 Å². The van der Waals surface area contributed by atoms with Gasteiger partial charge in [0.2, 0.25) is 5.91 Å². The summed E-state index contributed by atoms with van der Waals surface area (Å²) in [5, 5.41) is 8.76. The van der Waals surface area contributed by atoms with Crippen molar-refractivity contribution in [3.05, 3.63) is 150 Å². The second-order valence-electron chi connectivity index (χ2n) is 11.6. The molecule has 0 radical (unpaired) electrons. The van der Waals surface area contributed by atoms with Crippen molar-refractivity contribution >= 4 is 67.9 Å². The third-order valence-electron chi connectivity index (χ3n) is 7.83. The van der Waals surface area contributed by atoms with Gasteiger partial charge in [0.05, 0.1) is 22.6 Å². The second-order valence-corrected chi connectivity index (χ2v) is 13.9. The fourth-order valence-electron chi connectivity index (χ4n) is 5.11. The molecule has 0 aliphatic carbocycles. The summed E-state index contributed by atoms with van der Waals surface area (Å²) in [7, 11) is 1.61. The first-order valence-electron chi connectivity index (χ1n) is 16.5. The Morgan fingerprint density at radius 3 is 2.29 bits per heavy atom. The zero-order valence-corrected chi connectivity index (χ0v) is 30.1. The predicted molar refractivity (Wildman–Crippen MR) is 209 cm³/mol. The van der Waals surface area contributed by atoms with Crippen LogP contribution in [0.5, 0.6) is 11.5 Å². The summed E-state index contributed by atoms with van der Waals surface area (Å²) >= 11 is 2.78. The Hall–Kier alpha value is -5.91. The number of methoxy groups -OCH3 is 1. The third-order valence-corrected chi connectivity index (χ3v) is 10.1. The van der Waals surface area contributed by atoms with Crippen LogP contribution in [-0.4, -0.2) is 35.1 Å². The van der Waals surface area contributed by atoms with Crippen LogP contribution in [-0.2, 0) is 16.2 Å². The minimum atomic E-state index is -0.506. The Labute approximate surface area is 310 Å². The minimum Gasteiger partial charge on any atom is -0.497 e.